The SMILES string of the molecule is Cc1cc(O)c(C)c2c1O[C@](C)(CCC[C@H](C)CCC[C@H](C)CCCC(C)C)C=C2. The van der Waals surface area contributed by atoms with Crippen LogP contribution in [0, 0.1) is 31.6 Å². The normalized spacial score (nSPS) is 20.1. The number of aromatic hydroxyl groups is 1. The van der Waals surface area contributed by atoms with Crippen molar-refractivity contribution in [2.45, 2.75) is 112 Å². The summed E-state index contributed by atoms with van der Waals surface area (Å²) >= 11 is 0. The average molecular weight is 415 g/mol. The van der Waals surface area contributed by atoms with E-state index >= 15 is 0 Å². The van der Waals surface area contributed by atoms with Crippen LogP contribution >= 0.6 is 0 Å². The summed E-state index contributed by atoms with van der Waals surface area (Å²) in [5.74, 6) is 3.80. The summed E-state index contributed by atoms with van der Waals surface area (Å²) in [6, 6.07) is 1.82. The van der Waals surface area contributed by atoms with Crippen LogP contribution in [0.25, 0.3) is 6.08 Å². The summed E-state index contributed by atoms with van der Waals surface area (Å²) in [7, 11) is 0. The molecule has 0 saturated carbocycles. The molecule has 0 saturated heterocycles. The Labute approximate surface area is 186 Å². The minimum atomic E-state index is -0.244. The number of fused-ring (bicyclic) bond motifs is 1. The maximum Gasteiger partial charge on any atom is 0.131 e. The molecule has 0 aromatic heterocycles. The molecule has 0 spiro atoms. The minimum absolute atomic E-state index is 0.244. The zero-order valence-corrected chi connectivity index (χ0v) is 20.7. The monoisotopic (exact) mass is 414 g/mol. The fourth-order valence-corrected chi connectivity index (χ4v) is 4.68. The van der Waals surface area contributed by atoms with Crippen LogP contribution in [0.1, 0.15) is 109 Å². The van der Waals surface area contributed by atoms with Gasteiger partial charge < -0.3 is 9.84 Å². The second-order valence-electron chi connectivity index (χ2n) is 10.7. The van der Waals surface area contributed by atoms with E-state index in [1.807, 2.05) is 19.9 Å². The molecule has 0 radical (unpaired) electrons. The lowest BCUT2D eigenvalue weighted by Crippen LogP contribution is -2.32. The van der Waals surface area contributed by atoms with Gasteiger partial charge in [-0.1, -0.05) is 78.7 Å². The highest BCUT2D eigenvalue weighted by Crippen LogP contribution is 2.41. The number of ether oxygens (including phenoxy) is 1. The zero-order chi connectivity index (χ0) is 22.3. The minimum Gasteiger partial charge on any atom is -0.508 e. The molecule has 0 amide bonds. The van der Waals surface area contributed by atoms with E-state index < -0.39 is 0 Å². The highest BCUT2D eigenvalue weighted by Gasteiger charge is 2.29. The van der Waals surface area contributed by atoms with Gasteiger partial charge in [0.1, 0.15) is 17.1 Å². The summed E-state index contributed by atoms with van der Waals surface area (Å²) in [6.45, 7) is 15.7. The van der Waals surface area contributed by atoms with Gasteiger partial charge in [0.2, 0.25) is 0 Å². The van der Waals surface area contributed by atoms with Crippen molar-refractivity contribution in [3.05, 3.63) is 28.8 Å². The third kappa shape index (κ3) is 7.36. The lowest BCUT2D eigenvalue weighted by molar-refractivity contribution is 0.121. The van der Waals surface area contributed by atoms with Gasteiger partial charge in [-0.25, -0.2) is 0 Å². The molecule has 1 aliphatic rings. The van der Waals surface area contributed by atoms with Crippen LogP contribution < -0.4 is 4.74 Å². The second kappa shape index (κ2) is 11.3. The van der Waals surface area contributed by atoms with Crippen molar-refractivity contribution in [3.63, 3.8) is 0 Å². The molecule has 2 nitrogen and oxygen atoms in total. The van der Waals surface area contributed by atoms with Crippen molar-refractivity contribution in [1.29, 1.82) is 0 Å². The van der Waals surface area contributed by atoms with Crippen LogP contribution in [-0.2, 0) is 0 Å². The van der Waals surface area contributed by atoms with Crippen LogP contribution in [0.4, 0.5) is 0 Å². The third-order valence-corrected chi connectivity index (χ3v) is 6.92. The Morgan fingerprint density at radius 1 is 0.900 bits per heavy atom. The first-order valence-corrected chi connectivity index (χ1v) is 12.3. The van der Waals surface area contributed by atoms with Gasteiger partial charge in [0, 0.05) is 11.1 Å². The molecule has 3 atom stereocenters. The van der Waals surface area contributed by atoms with E-state index in [1.54, 1.807) is 0 Å². The molecule has 170 valence electrons. The first kappa shape index (κ1) is 24.8. The van der Waals surface area contributed by atoms with Crippen molar-refractivity contribution >= 4 is 6.08 Å². The van der Waals surface area contributed by atoms with Gasteiger partial charge in [0.25, 0.3) is 0 Å². The number of benzene rings is 1. The van der Waals surface area contributed by atoms with E-state index in [0.29, 0.717) is 5.75 Å². The molecule has 0 fully saturated rings. The topological polar surface area (TPSA) is 29.5 Å². The summed E-state index contributed by atoms with van der Waals surface area (Å²) < 4.78 is 6.44. The predicted octanol–water partition coefficient (Wildman–Crippen LogP) is 8.61. The van der Waals surface area contributed by atoms with Crippen LogP contribution in [-0.4, -0.2) is 10.7 Å². The van der Waals surface area contributed by atoms with Crippen molar-refractivity contribution < 1.29 is 9.84 Å². The van der Waals surface area contributed by atoms with Gasteiger partial charge >= 0.3 is 0 Å². The van der Waals surface area contributed by atoms with Gasteiger partial charge in [-0.2, -0.15) is 0 Å². The van der Waals surface area contributed by atoms with Crippen LogP contribution in [0.3, 0.4) is 0 Å². The maximum absolute atomic E-state index is 10.1. The fraction of sp³-hybridized carbons (Fsp3) is 0.714. The Balaban J connectivity index is 1.71. The molecule has 0 aliphatic carbocycles. The van der Waals surface area contributed by atoms with Crippen molar-refractivity contribution in [1.82, 2.24) is 0 Å². The van der Waals surface area contributed by atoms with Gasteiger partial charge in [0.15, 0.2) is 0 Å². The number of hydrogen-bond acceptors (Lipinski definition) is 2. The van der Waals surface area contributed by atoms with Gasteiger partial charge in [0.05, 0.1) is 0 Å². The standard InChI is InChI=1S/C28H46O2/c1-20(2)11-8-12-21(3)13-9-14-22(4)15-10-17-28(7)18-16-25-24(6)26(29)19-23(5)27(25)30-28/h16,18-22,29H,8-15,17H2,1-7H3/t21-,22-,28-/m1/s1. The molecule has 2 heteroatoms. The van der Waals surface area contributed by atoms with Crippen molar-refractivity contribution in [2.75, 3.05) is 0 Å². The molecule has 0 bridgehead atoms. The highest BCUT2D eigenvalue weighted by molar-refractivity contribution is 5.69. The first-order chi connectivity index (χ1) is 14.1. The highest BCUT2D eigenvalue weighted by atomic mass is 16.5. The summed E-state index contributed by atoms with van der Waals surface area (Å²) in [5.41, 5.74) is 2.70. The smallest absolute Gasteiger partial charge is 0.131 e. The second-order valence-corrected chi connectivity index (χ2v) is 10.7. The number of phenols is 1. The number of hydrogen-bond donors (Lipinski definition) is 1. The molecule has 1 aromatic carbocycles. The van der Waals surface area contributed by atoms with E-state index in [0.717, 1.165) is 46.6 Å². The molecule has 1 N–H and O–H groups in total. The van der Waals surface area contributed by atoms with E-state index in [9.17, 15) is 5.11 Å². The molecule has 30 heavy (non-hydrogen) atoms. The lowest BCUT2D eigenvalue weighted by Gasteiger charge is -2.33. The molecular weight excluding hydrogens is 368 g/mol. The first-order valence-electron chi connectivity index (χ1n) is 12.3. The average Bonchev–Trinajstić information content (AvgIpc) is 2.66. The Hall–Kier alpha value is -1.44. The van der Waals surface area contributed by atoms with Gasteiger partial charge in [-0.15, -0.1) is 0 Å². The Morgan fingerprint density at radius 2 is 1.47 bits per heavy atom. The number of phenolic OH excluding ortho intramolecular Hbond substituents is 1. The van der Waals surface area contributed by atoms with Gasteiger partial charge in [-0.05, 0) is 69.1 Å². The Kier molecular flexibility index (Phi) is 9.31. The third-order valence-electron chi connectivity index (χ3n) is 6.92. The Morgan fingerprint density at radius 3 is 2.07 bits per heavy atom. The zero-order valence-electron chi connectivity index (χ0n) is 20.7. The summed E-state index contributed by atoms with van der Waals surface area (Å²) in [5, 5.41) is 10.1. The van der Waals surface area contributed by atoms with Crippen molar-refractivity contribution in [3.8, 4) is 11.5 Å². The van der Waals surface area contributed by atoms with Crippen LogP contribution in [0.5, 0.6) is 11.5 Å². The van der Waals surface area contributed by atoms with Crippen LogP contribution in [0.2, 0.25) is 0 Å². The number of rotatable bonds is 12. The predicted molar refractivity (Wildman–Crippen MR) is 130 cm³/mol. The van der Waals surface area contributed by atoms with Crippen molar-refractivity contribution in [2.24, 2.45) is 17.8 Å². The molecule has 1 aromatic rings. The largest absolute Gasteiger partial charge is 0.508 e. The maximum atomic E-state index is 10.1. The van der Waals surface area contributed by atoms with Gasteiger partial charge in [-0.3, -0.25) is 0 Å². The lowest BCUT2D eigenvalue weighted by atomic mass is 9.88. The number of aryl methyl sites for hydroxylation is 1. The summed E-state index contributed by atoms with van der Waals surface area (Å²) in [6.07, 6.45) is 16.1. The quantitative estimate of drug-likeness (QED) is 0.371. The van der Waals surface area contributed by atoms with E-state index in [1.165, 1.54) is 51.4 Å². The van der Waals surface area contributed by atoms with E-state index in [4.69, 9.17) is 4.74 Å². The molecule has 1 aliphatic heterocycles. The molecule has 2 rings (SSSR count). The fourth-order valence-electron chi connectivity index (χ4n) is 4.68. The molecular formula is C28H46O2. The molecule has 1 heterocycles. The Bertz CT molecular complexity index is 703. The summed E-state index contributed by atoms with van der Waals surface area (Å²) in [4.78, 5) is 0. The van der Waals surface area contributed by atoms with Crippen LogP contribution in [0.15, 0.2) is 12.1 Å². The van der Waals surface area contributed by atoms with E-state index in [2.05, 4.69) is 46.8 Å². The molecule has 0 unspecified atom stereocenters. The van der Waals surface area contributed by atoms with E-state index in [-0.39, 0.29) is 5.60 Å².